The van der Waals surface area contributed by atoms with Gasteiger partial charge in [-0.05, 0) is 43.7 Å². The van der Waals surface area contributed by atoms with Crippen LogP contribution < -0.4 is 10.6 Å². The standard InChI is InChI=1S/C16H22FN3O3/c17-16(14(21)18-9-12-4-5-12)6-2-7-20(11-16)15(22)19-10-13-3-1-8-23-13/h1,3,8,12H,2,4-7,9-11H2,(H,18,21)(H,19,22). The highest BCUT2D eigenvalue weighted by Gasteiger charge is 2.44. The fraction of sp³-hybridized carbons (Fsp3) is 0.625. The van der Waals surface area contributed by atoms with Crippen LogP contribution in [0.5, 0.6) is 0 Å². The lowest BCUT2D eigenvalue weighted by molar-refractivity contribution is -0.135. The van der Waals surface area contributed by atoms with Crippen LogP contribution in [0.15, 0.2) is 22.8 Å². The Balaban J connectivity index is 1.51. The Morgan fingerprint density at radius 3 is 2.91 bits per heavy atom. The quantitative estimate of drug-likeness (QED) is 0.868. The summed E-state index contributed by atoms with van der Waals surface area (Å²) in [6.07, 6.45) is 4.36. The van der Waals surface area contributed by atoms with Gasteiger partial charge < -0.3 is 20.0 Å². The van der Waals surface area contributed by atoms with Crippen LogP contribution in [0.4, 0.5) is 9.18 Å². The van der Waals surface area contributed by atoms with E-state index in [9.17, 15) is 14.0 Å². The largest absolute Gasteiger partial charge is 0.467 e. The molecule has 2 fully saturated rings. The molecule has 2 N–H and O–H groups in total. The Labute approximate surface area is 134 Å². The number of carbonyl (C=O) groups excluding carboxylic acids is 2. The van der Waals surface area contributed by atoms with Crippen molar-refractivity contribution in [3.63, 3.8) is 0 Å². The Hall–Kier alpha value is -2.05. The summed E-state index contributed by atoms with van der Waals surface area (Å²) < 4.78 is 20.0. The van der Waals surface area contributed by atoms with Crippen molar-refractivity contribution in [2.75, 3.05) is 19.6 Å². The molecule has 3 amide bonds. The number of amides is 3. The van der Waals surface area contributed by atoms with E-state index in [0.29, 0.717) is 31.2 Å². The van der Waals surface area contributed by atoms with Gasteiger partial charge >= 0.3 is 6.03 Å². The molecule has 1 aliphatic heterocycles. The van der Waals surface area contributed by atoms with Crippen LogP contribution in [0.1, 0.15) is 31.4 Å². The zero-order chi connectivity index (χ0) is 16.3. The predicted molar refractivity (Wildman–Crippen MR) is 81.3 cm³/mol. The number of hydrogen-bond acceptors (Lipinski definition) is 3. The van der Waals surface area contributed by atoms with E-state index in [2.05, 4.69) is 10.6 Å². The second kappa shape index (κ2) is 6.60. The average Bonchev–Trinajstić information content (AvgIpc) is 3.23. The minimum atomic E-state index is -1.99. The van der Waals surface area contributed by atoms with Crippen LogP contribution in [-0.2, 0) is 11.3 Å². The second-order valence-electron chi connectivity index (χ2n) is 6.38. The van der Waals surface area contributed by atoms with Crippen LogP contribution >= 0.6 is 0 Å². The fourth-order valence-electron chi connectivity index (χ4n) is 2.77. The number of alkyl halides is 1. The molecule has 2 aliphatic rings. The smallest absolute Gasteiger partial charge is 0.317 e. The first-order valence-corrected chi connectivity index (χ1v) is 8.09. The van der Waals surface area contributed by atoms with E-state index in [1.807, 2.05) is 0 Å². The van der Waals surface area contributed by atoms with Crippen molar-refractivity contribution < 1.29 is 18.4 Å². The highest BCUT2D eigenvalue weighted by atomic mass is 19.1. The fourth-order valence-corrected chi connectivity index (χ4v) is 2.77. The Bertz CT molecular complexity index is 559. The van der Waals surface area contributed by atoms with Crippen molar-refractivity contribution in [1.29, 1.82) is 0 Å². The van der Waals surface area contributed by atoms with Crippen molar-refractivity contribution in [3.8, 4) is 0 Å². The predicted octanol–water partition coefficient (Wildman–Crippen LogP) is 1.82. The van der Waals surface area contributed by atoms with Crippen molar-refractivity contribution in [2.45, 2.75) is 37.9 Å². The zero-order valence-electron chi connectivity index (χ0n) is 13.0. The van der Waals surface area contributed by atoms with E-state index >= 15 is 0 Å². The summed E-state index contributed by atoms with van der Waals surface area (Å²) in [4.78, 5) is 25.6. The first-order chi connectivity index (χ1) is 11.1. The van der Waals surface area contributed by atoms with E-state index in [-0.39, 0.29) is 25.5 Å². The van der Waals surface area contributed by atoms with Crippen LogP contribution in [0.25, 0.3) is 0 Å². The zero-order valence-corrected chi connectivity index (χ0v) is 13.0. The maximum Gasteiger partial charge on any atom is 0.317 e. The van der Waals surface area contributed by atoms with E-state index in [0.717, 1.165) is 12.8 Å². The molecule has 1 unspecified atom stereocenters. The summed E-state index contributed by atoms with van der Waals surface area (Å²) in [6.45, 7) is 1.03. The van der Waals surface area contributed by atoms with E-state index < -0.39 is 11.6 Å². The summed E-state index contributed by atoms with van der Waals surface area (Å²) in [5, 5.41) is 5.37. The van der Waals surface area contributed by atoms with Crippen molar-refractivity contribution in [1.82, 2.24) is 15.5 Å². The molecule has 1 saturated carbocycles. The number of nitrogens with zero attached hydrogens (tertiary/aromatic N) is 1. The molecule has 126 valence electrons. The Kier molecular flexibility index (Phi) is 4.54. The topological polar surface area (TPSA) is 74.6 Å². The van der Waals surface area contributed by atoms with Crippen LogP contribution in [0.3, 0.4) is 0 Å². The van der Waals surface area contributed by atoms with Gasteiger partial charge in [-0.1, -0.05) is 0 Å². The van der Waals surface area contributed by atoms with E-state index in [1.54, 1.807) is 12.1 Å². The average molecular weight is 323 g/mol. The van der Waals surface area contributed by atoms with Crippen LogP contribution in [0.2, 0.25) is 0 Å². The summed E-state index contributed by atoms with van der Waals surface area (Å²) in [5.41, 5.74) is -1.99. The Morgan fingerprint density at radius 2 is 2.22 bits per heavy atom. The highest BCUT2D eigenvalue weighted by molar-refractivity contribution is 5.86. The molecule has 2 heterocycles. The maximum atomic E-state index is 14.9. The molecule has 0 radical (unpaired) electrons. The highest BCUT2D eigenvalue weighted by Crippen LogP contribution is 2.29. The van der Waals surface area contributed by atoms with E-state index in [1.165, 1.54) is 11.2 Å². The normalized spacial score (nSPS) is 24.3. The van der Waals surface area contributed by atoms with Gasteiger partial charge in [0.2, 0.25) is 5.67 Å². The second-order valence-corrected chi connectivity index (χ2v) is 6.38. The lowest BCUT2D eigenvalue weighted by atomic mass is 9.94. The monoisotopic (exact) mass is 323 g/mol. The van der Waals surface area contributed by atoms with Crippen LogP contribution in [-0.4, -0.2) is 42.1 Å². The number of likely N-dealkylation sites (tertiary alicyclic amines) is 1. The van der Waals surface area contributed by atoms with Crippen molar-refractivity contribution >= 4 is 11.9 Å². The molecule has 0 bridgehead atoms. The third-order valence-corrected chi connectivity index (χ3v) is 4.38. The molecule has 23 heavy (non-hydrogen) atoms. The van der Waals surface area contributed by atoms with Gasteiger partial charge in [0.25, 0.3) is 5.91 Å². The SMILES string of the molecule is O=C(NCc1ccco1)N1CCCC(F)(C(=O)NCC2CC2)C1. The number of piperidine rings is 1. The summed E-state index contributed by atoms with van der Waals surface area (Å²) >= 11 is 0. The molecule has 1 atom stereocenters. The molecule has 1 aromatic rings. The molecular formula is C16H22FN3O3. The third kappa shape index (κ3) is 4.03. The Morgan fingerprint density at radius 1 is 1.39 bits per heavy atom. The van der Waals surface area contributed by atoms with E-state index in [4.69, 9.17) is 4.42 Å². The lowest BCUT2D eigenvalue weighted by Gasteiger charge is -2.36. The molecule has 7 heteroatoms. The number of hydrogen-bond donors (Lipinski definition) is 2. The number of nitrogens with one attached hydrogen (secondary N) is 2. The van der Waals surface area contributed by atoms with Gasteiger partial charge in [0.1, 0.15) is 5.76 Å². The van der Waals surface area contributed by atoms with Crippen LogP contribution in [0, 0.1) is 5.92 Å². The molecule has 0 aromatic carbocycles. The van der Waals surface area contributed by atoms with Gasteiger partial charge in [-0.3, -0.25) is 4.79 Å². The molecule has 6 nitrogen and oxygen atoms in total. The van der Waals surface area contributed by atoms with Crippen molar-refractivity contribution in [3.05, 3.63) is 24.2 Å². The minimum absolute atomic E-state index is 0.158. The first kappa shape index (κ1) is 15.8. The maximum absolute atomic E-state index is 14.9. The minimum Gasteiger partial charge on any atom is -0.467 e. The number of carbonyl (C=O) groups is 2. The van der Waals surface area contributed by atoms with Crippen molar-refractivity contribution in [2.24, 2.45) is 5.92 Å². The molecule has 0 spiro atoms. The molecule has 1 saturated heterocycles. The van der Waals surface area contributed by atoms with Gasteiger partial charge in [-0.2, -0.15) is 0 Å². The van der Waals surface area contributed by atoms with Gasteiger partial charge in [-0.25, -0.2) is 9.18 Å². The number of furan rings is 1. The van der Waals surface area contributed by atoms with Gasteiger partial charge in [0.15, 0.2) is 0 Å². The number of rotatable bonds is 5. The third-order valence-electron chi connectivity index (χ3n) is 4.38. The van der Waals surface area contributed by atoms with Gasteiger partial charge in [-0.15, -0.1) is 0 Å². The molecule has 1 aromatic heterocycles. The summed E-state index contributed by atoms with van der Waals surface area (Å²) in [5.74, 6) is 0.538. The summed E-state index contributed by atoms with van der Waals surface area (Å²) in [6, 6.07) is 3.11. The molecular weight excluding hydrogens is 301 g/mol. The first-order valence-electron chi connectivity index (χ1n) is 8.09. The number of urea groups is 1. The van der Waals surface area contributed by atoms with Gasteiger partial charge in [0.05, 0.1) is 19.4 Å². The molecule has 3 rings (SSSR count). The van der Waals surface area contributed by atoms with Gasteiger partial charge in [0, 0.05) is 13.1 Å². The molecule has 1 aliphatic carbocycles. The lowest BCUT2D eigenvalue weighted by Crippen LogP contribution is -2.57. The number of halogens is 1. The summed E-state index contributed by atoms with van der Waals surface area (Å²) in [7, 11) is 0.